The molecule has 0 radical (unpaired) electrons. The van der Waals surface area contributed by atoms with Gasteiger partial charge in [-0.3, -0.25) is 0 Å². The number of nitrogens with two attached hydrogens (primary N) is 1. The molecule has 0 rings (SSSR count). The molecule has 0 aromatic heterocycles. The number of hydrogen-bond acceptors (Lipinski definition) is 3. The van der Waals surface area contributed by atoms with E-state index in [-0.39, 0.29) is 17.5 Å². The molecule has 96 valence electrons. The minimum absolute atomic E-state index is 0.0472. The molecule has 0 aliphatic carbocycles. The summed E-state index contributed by atoms with van der Waals surface area (Å²) >= 11 is 0. The summed E-state index contributed by atoms with van der Waals surface area (Å²) in [5, 5.41) is 2.76. The molecule has 3 N–H and O–H groups in total. The van der Waals surface area contributed by atoms with E-state index < -0.39 is 11.7 Å². The lowest BCUT2D eigenvalue weighted by atomic mass is 9.83. The number of rotatable bonds is 2. The maximum Gasteiger partial charge on any atom is 0.407 e. The lowest BCUT2D eigenvalue weighted by molar-refractivity contribution is 0.0489. The zero-order valence-electron chi connectivity index (χ0n) is 11.5. The zero-order chi connectivity index (χ0) is 13.1. The van der Waals surface area contributed by atoms with Crippen LogP contribution in [0.2, 0.25) is 0 Å². The van der Waals surface area contributed by atoms with Crippen LogP contribution in [-0.4, -0.2) is 23.8 Å². The fraction of sp³-hybridized carbons (Fsp3) is 0.917. The third-order valence-electron chi connectivity index (χ3n) is 2.28. The molecule has 0 aromatic rings. The molecule has 0 spiro atoms. The van der Waals surface area contributed by atoms with Crippen LogP contribution in [0.4, 0.5) is 4.79 Å². The van der Waals surface area contributed by atoms with Crippen LogP contribution in [-0.2, 0) is 4.74 Å². The SMILES string of the molecule is C[C@H](NC(=O)OC(C)(C)C)[C@@H](N)C(C)(C)C. The normalized spacial score (nSPS) is 16.5. The zero-order valence-corrected chi connectivity index (χ0v) is 11.5. The fourth-order valence-electron chi connectivity index (χ4n) is 1.33. The highest BCUT2D eigenvalue weighted by Gasteiger charge is 2.28. The standard InChI is InChI=1S/C12H26N2O2/c1-8(9(13)11(2,3)4)14-10(15)16-12(5,6)7/h8-9H,13H2,1-7H3,(H,14,15)/t8-,9+/m0/s1. The molecule has 4 heteroatoms. The van der Waals surface area contributed by atoms with Crippen molar-refractivity contribution >= 4 is 6.09 Å². The van der Waals surface area contributed by atoms with Gasteiger partial charge in [-0.2, -0.15) is 0 Å². The van der Waals surface area contributed by atoms with E-state index in [1.165, 1.54) is 0 Å². The Morgan fingerprint density at radius 3 is 1.94 bits per heavy atom. The molecular formula is C12H26N2O2. The summed E-state index contributed by atoms with van der Waals surface area (Å²) in [5.74, 6) is 0. The van der Waals surface area contributed by atoms with Gasteiger partial charge in [-0.05, 0) is 33.1 Å². The van der Waals surface area contributed by atoms with Crippen LogP contribution in [0.15, 0.2) is 0 Å². The first-order valence-corrected chi connectivity index (χ1v) is 5.68. The number of hydrogen-bond donors (Lipinski definition) is 2. The lowest BCUT2D eigenvalue weighted by Gasteiger charge is -2.33. The number of carbonyl (C=O) groups is 1. The van der Waals surface area contributed by atoms with Crippen LogP contribution in [0.3, 0.4) is 0 Å². The van der Waals surface area contributed by atoms with Gasteiger partial charge in [-0.25, -0.2) is 4.79 Å². The van der Waals surface area contributed by atoms with Crippen molar-refractivity contribution < 1.29 is 9.53 Å². The number of nitrogens with one attached hydrogen (secondary N) is 1. The van der Waals surface area contributed by atoms with Gasteiger partial charge in [0.15, 0.2) is 0 Å². The average molecular weight is 230 g/mol. The first-order chi connectivity index (χ1) is 6.93. The highest BCUT2D eigenvalue weighted by Crippen LogP contribution is 2.20. The van der Waals surface area contributed by atoms with Crippen LogP contribution in [0.25, 0.3) is 0 Å². The van der Waals surface area contributed by atoms with Crippen molar-refractivity contribution in [1.29, 1.82) is 0 Å². The van der Waals surface area contributed by atoms with Crippen molar-refractivity contribution in [2.24, 2.45) is 11.1 Å². The summed E-state index contributed by atoms with van der Waals surface area (Å²) in [6, 6.07) is -0.227. The van der Waals surface area contributed by atoms with E-state index in [4.69, 9.17) is 10.5 Å². The predicted octanol–water partition coefficient (Wildman–Crippen LogP) is 2.27. The Balaban J connectivity index is 4.26. The van der Waals surface area contributed by atoms with Gasteiger partial charge < -0.3 is 15.8 Å². The Bertz CT molecular complexity index is 238. The Morgan fingerprint density at radius 1 is 1.19 bits per heavy atom. The molecule has 16 heavy (non-hydrogen) atoms. The number of amides is 1. The Hall–Kier alpha value is -0.770. The third kappa shape index (κ3) is 5.95. The maximum atomic E-state index is 11.5. The maximum absolute atomic E-state index is 11.5. The minimum atomic E-state index is -0.477. The summed E-state index contributed by atoms with van der Waals surface area (Å²) in [4.78, 5) is 11.5. The second kappa shape index (κ2) is 5.04. The largest absolute Gasteiger partial charge is 0.444 e. The van der Waals surface area contributed by atoms with E-state index in [2.05, 4.69) is 5.32 Å². The first kappa shape index (κ1) is 15.2. The summed E-state index contributed by atoms with van der Waals surface area (Å²) in [6.07, 6.45) is -0.417. The van der Waals surface area contributed by atoms with E-state index in [1.54, 1.807) is 0 Å². The number of ether oxygens (including phenoxy) is 1. The van der Waals surface area contributed by atoms with Crippen LogP contribution in [0.1, 0.15) is 48.5 Å². The lowest BCUT2D eigenvalue weighted by Crippen LogP contribution is -2.52. The highest BCUT2D eigenvalue weighted by molar-refractivity contribution is 5.68. The van der Waals surface area contributed by atoms with Gasteiger partial charge in [0.25, 0.3) is 0 Å². The molecule has 0 fully saturated rings. The van der Waals surface area contributed by atoms with Crippen molar-refractivity contribution in [3.63, 3.8) is 0 Å². The molecule has 0 aromatic carbocycles. The first-order valence-electron chi connectivity index (χ1n) is 5.68. The topological polar surface area (TPSA) is 64.3 Å². The molecule has 0 aliphatic rings. The molecule has 1 amide bonds. The van der Waals surface area contributed by atoms with Gasteiger partial charge in [0.2, 0.25) is 0 Å². The van der Waals surface area contributed by atoms with E-state index in [0.717, 1.165) is 0 Å². The molecule has 0 saturated carbocycles. The molecule has 0 aliphatic heterocycles. The Kier molecular flexibility index (Phi) is 4.80. The monoisotopic (exact) mass is 230 g/mol. The number of alkyl carbamates (subject to hydrolysis) is 1. The van der Waals surface area contributed by atoms with Crippen molar-refractivity contribution in [2.75, 3.05) is 0 Å². The van der Waals surface area contributed by atoms with E-state index in [1.807, 2.05) is 48.5 Å². The van der Waals surface area contributed by atoms with Gasteiger partial charge in [0, 0.05) is 12.1 Å². The summed E-state index contributed by atoms with van der Waals surface area (Å²) in [7, 11) is 0. The molecule has 4 nitrogen and oxygen atoms in total. The second-order valence-electron chi connectivity index (χ2n) is 6.33. The van der Waals surface area contributed by atoms with E-state index in [0.29, 0.717) is 0 Å². The van der Waals surface area contributed by atoms with Gasteiger partial charge in [-0.15, -0.1) is 0 Å². The van der Waals surface area contributed by atoms with E-state index >= 15 is 0 Å². The number of carbonyl (C=O) groups excluding carboxylic acids is 1. The minimum Gasteiger partial charge on any atom is -0.444 e. The van der Waals surface area contributed by atoms with Gasteiger partial charge in [0.1, 0.15) is 5.60 Å². The summed E-state index contributed by atoms with van der Waals surface area (Å²) < 4.78 is 5.17. The second-order valence-corrected chi connectivity index (χ2v) is 6.33. The van der Waals surface area contributed by atoms with Crippen LogP contribution in [0.5, 0.6) is 0 Å². The smallest absolute Gasteiger partial charge is 0.407 e. The van der Waals surface area contributed by atoms with Crippen molar-refractivity contribution in [3.8, 4) is 0 Å². The average Bonchev–Trinajstić information content (AvgIpc) is 1.96. The highest BCUT2D eigenvalue weighted by atomic mass is 16.6. The molecule has 0 unspecified atom stereocenters. The van der Waals surface area contributed by atoms with E-state index in [9.17, 15) is 4.79 Å². The van der Waals surface area contributed by atoms with Crippen molar-refractivity contribution in [2.45, 2.75) is 66.2 Å². The molecule has 0 bridgehead atoms. The molecule has 0 saturated heterocycles. The third-order valence-corrected chi connectivity index (χ3v) is 2.28. The van der Waals surface area contributed by atoms with Crippen LogP contribution in [0, 0.1) is 5.41 Å². The van der Waals surface area contributed by atoms with Gasteiger partial charge in [-0.1, -0.05) is 20.8 Å². The molecular weight excluding hydrogens is 204 g/mol. The van der Waals surface area contributed by atoms with Crippen LogP contribution >= 0.6 is 0 Å². The molecule has 2 atom stereocenters. The Labute approximate surface area is 98.9 Å². The van der Waals surface area contributed by atoms with Gasteiger partial charge >= 0.3 is 6.09 Å². The Morgan fingerprint density at radius 2 is 1.62 bits per heavy atom. The van der Waals surface area contributed by atoms with Gasteiger partial charge in [0.05, 0.1) is 0 Å². The predicted molar refractivity (Wildman–Crippen MR) is 66.3 cm³/mol. The summed E-state index contributed by atoms with van der Waals surface area (Å²) in [5.41, 5.74) is 5.51. The summed E-state index contributed by atoms with van der Waals surface area (Å²) in [6.45, 7) is 13.5. The van der Waals surface area contributed by atoms with Crippen LogP contribution < -0.4 is 11.1 Å². The quantitative estimate of drug-likeness (QED) is 0.765. The molecule has 0 heterocycles. The fourth-order valence-corrected chi connectivity index (χ4v) is 1.33. The van der Waals surface area contributed by atoms with Crippen molar-refractivity contribution in [1.82, 2.24) is 5.32 Å². The van der Waals surface area contributed by atoms with Crippen molar-refractivity contribution in [3.05, 3.63) is 0 Å².